The van der Waals surface area contributed by atoms with Crippen molar-refractivity contribution in [3.63, 3.8) is 0 Å². The number of nitrogens with zero attached hydrogens (tertiary/aromatic N) is 1. The summed E-state index contributed by atoms with van der Waals surface area (Å²) in [6.07, 6.45) is 3.29. The summed E-state index contributed by atoms with van der Waals surface area (Å²) in [4.78, 5) is 0. The summed E-state index contributed by atoms with van der Waals surface area (Å²) < 4.78 is 9.28. The first kappa shape index (κ1) is 21.2. The standard InChI is InChI=1S/C32H32NO/c1-18(2)15-21-11-12-25-23(16-21)17-22-13-14-33(6)30-28-20(5)24-9-7-8-10-26(24)27(19(3)4)32(28)34-31(25)29(22)30/h7-14,16-19H,15H2,1-6H3/q+1. The van der Waals surface area contributed by atoms with Gasteiger partial charge in [-0.3, -0.25) is 0 Å². The number of hydrogen-bond donors (Lipinski definition) is 0. The second kappa shape index (κ2) is 7.56. The number of aromatic nitrogens is 1. The molecule has 1 aliphatic heterocycles. The van der Waals surface area contributed by atoms with E-state index in [1.807, 2.05) is 0 Å². The average Bonchev–Trinajstić information content (AvgIpc) is 2.80. The highest BCUT2D eigenvalue weighted by atomic mass is 16.5. The highest BCUT2D eigenvalue weighted by Crippen LogP contribution is 2.53. The molecule has 0 atom stereocenters. The molecule has 6 rings (SSSR count). The molecule has 0 saturated carbocycles. The van der Waals surface area contributed by atoms with Crippen LogP contribution in [-0.2, 0) is 13.5 Å². The molecule has 4 aromatic carbocycles. The molecule has 0 fully saturated rings. The molecule has 0 saturated heterocycles. The number of pyridine rings is 1. The smallest absolute Gasteiger partial charge is 0.228 e. The van der Waals surface area contributed by atoms with E-state index in [0.717, 1.165) is 17.9 Å². The Hall–Kier alpha value is -3.39. The fourth-order valence-corrected chi connectivity index (χ4v) is 5.94. The predicted octanol–water partition coefficient (Wildman–Crippen LogP) is 8.37. The first-order valence-electron chi connectivity index (χ1n) is 12.5. The van der Waals surface area contributed by atoms with Crippen LogP contribution in [0.1, 0.15) is 50.3 Å². The first-order chi connectivity index (χ1) is 16.3. The molecule has 1 aromatic heterocycles. The maximum absolute atomic E-state index is 7.01. The third kappa shape index (κ3) is 2.98. The van der Waals surface area contributed by atoms with Crippen molar-refractivity contribution in [3.05, 3.63) is 77.5 Å². The Balaban J connectivity index is 1.77. The molecular formula is C32H32NO+. The van der Waals surface area contributed by atoms with Gasteiger partial charge in [0.2, 0.25) is 5.69 Å². The third-order valence-electron chi connectivity index (χ3n) is 7.38. The lowest BCUT2D eigenvalue weighted by Gasteiger charge is -2.27. The van der Waals surface area contributed by atoms with E-state index >= 15 is 0 Å². The monoisotopic (exact) mass is 446 g/mol. The summed E-state index contributed by atoms with van der Waals surface area (Å²) >= 11 is 0. The Morgan fingerprint density at radius 1 is 0.824 bits per heavy atom. The van der Waals surface area contributed by atoms with Crippen LogP contribution in [0.4, 0.5) is 0 Å². The predicted molar refractivity (Wildman–Crippen MR) is 143 cm³/mol. The summed E-state index contributed by atoms with van der Waals surface area (Å²) in [6.45, 7) is 11.4. The van der Waals surface area contributed by atoms with Gasteiger partial charge in [-0.05, 0) is 63.9 Å². The fraction of sp³-hybridized carbons (Fsp3) is 0.281. The second-order valence-electron chi connectivity index (χ2n) is 10.6. The minimum atomic E-state index is 0.345. The van der Waals surface area contributed by atoms with Gasteiger partial charge < -0.3 is 4.74 Å². The van der Waals surface area contributed by atoms with Crippen LogP contribution in [0.25, 0.3) is 43.6 Å². The number of aryl methyl sites for hydroxylation is 2. The first-order valence-corrected chi connectivity index (χ1v) is 12.5. The van der Waals surface area contributed by atoms with Crippen LogP contribution in [0, 0.1) is 12.8 Å². The average molecular weight is 447 g/mol. The lowest BCUT2D eigenvalue weighted by Crippen LogP contribution is -2.32. The van der Waals surface area contributed by atoms with Gasteiger partial charge in [-0.2, -0.15) is 0 Å². The molecular weight excluding hydrogens is 414 g/mol. The Morgan fingerprint density at radius 2 is 1.59 bits per heavy atom. The van der Waals surface area contributed by atoms with Crippen molar-refractivity contribution in [2.24, 2.45) is 13.0 Å². The fourth-order valence-electron chi connectivity index (χ4n) is 5.94. The zero-order chi connectivity index (χ0) is 23.7. The van der Waals surface area contributed by atoms with Crippen molar-refractivity contribution in [1.82, 2.24) is 0 Å². The Morgan fingerprint density at radius 3 is 2.32 bits per heavy atom. The molecule has 2 nitrogen and oxygen atoms in total. The maximum Gasteiger partial charge on any atom is 0.228 e. The number of rotatable bonds is 3. The molecule has 0 spiro atoms. The number of benzene rings is 4. The largest absolute Gasteiger partial charge is 0.455 e. The van der Waals surface area contributed by atoms with Gasteiger partial charge in [0, 0.05) is 17.0 Å². The quantitative estimate of drug-likeness (QED) is 0.196. The maximum atomic E-state index is 7.01. The van der Waals surface area contributed by atoms with Gasteiger partial charge in [-0.25, -0.2) is 4.57 Å². The molecule has 0 aliphatic carbocycles. The van der Waals surface area contributed by atoms with Crippen LogP contribution >= 0.6 is 0 Å². The van der Waals surface area contributed by atoms with Crippen LogP contribution in [0.2, 0.25) is 0 Å². The van der Waals surface area contributed by atoms with Crippen molar-refractivity contribution in [2.45, 2.75) is 47.0 Å². The summed E-state index contributed by atoms with van der Waals surface area (Å²) in [5.41, 5.74) is 6.46. The molecule has 170 valence electrons. The van der Waals surface area contributed by atoms with Gasteiger partial charge in [0.15, 0.2) is 6.20 Å². The number of hydrogen-bond acceptors (Lipinski definition) is 1. The van der Waals surface area contributed by atoms with Gasteiger partial charge in [-0.1, -0.05) is 70.2 Å². The highest BCUT2D eigenvalue weighted by molar-refractivity contribution is 6.13. The SMILES string of the molecule is Cc1c2c(c(C(C)C)c3ccccc13)Oc1c3ccc(CC(C)C)cc3cc3cc[n+](C)c-2c13. The van der Waals surface area contributed by atoms with Gasteiger partial charge in [0.05, 0.1) is 10.9 Å². The Kier molecular flexibility index (Phi) is 4.71. The summed E-state index contributed by atoms with van der Waals surface area (Å²) in [5.74, 6) is 3.01. The molecule has 1 aliphatic rings. The van der Waals surface area contributed by atoms with Crippen molar-refractivity contribution in [3.8, 4) is 22.8 Å². The van der Waals surface area contributed by atoms with E-state index < -0.39 is 0 Å². The molecule has 0 unspecified atom stereocenters. The Labute approximate surface area is 201 Å². The highest BCUT2D eigenvalue weighted by Gasteiger charge is 2.34. The van der Waals surface area contributed by atoms with E-state index in [4.69, 9.17) is 4.74 Å². The van der Waals surface area contributed by atoms with Crippen molar-refractivity contribution < 1.29 is 9.30 Å². The van der Waals surface area contributed by atoms with Gasteiger partial charge in [-0.15, -0.1) is 0 Å². The number of ether oxygens (including phenoxy) is 1. The molecule has 0 radical (unpaired) electrons. The molecule has 2 heterocycles. The lowest BCUT2D eigenvalue weighted by atomic mass is 9.85. The van der Waals surface area contributed by atoms with E-state index in [9.17, 15) is 0 Å². The molecule has 0 bridgehead atoms. The van der Waals surface area contributed by atoms with Gasteiger partial charge >= 0.3 is 0 Å². The summed E-state index contributed by atoms with van der Waals surface area (Å²) in [5, 5.41) is 7.52. The molecule has 5 aromatic rings. The minimum absolute atomic E-state index is 0.345. The van der Waals surface area contributed by atoms with Crippen LogP contribution in [0.5, 0.6) is 11.5 Å². The van der Waals surface area contributed by atoms with E-state index in [1.165, 1.54) is 60.3 Å². The van der Waals surface area contributed by atoms with Gasteiger partial charge in [0.25, 0.3) is 0 Å². The van der Waals surface area contributed by atoms with E-state index in [1.54, 1.807) is 0 Å². The van der Waals surface area contributed by atoms with E-state index in [2.05, 4.69) is 107 Å². The normalized spacial score (nSPS) is 12.7. The van der Waals surface area contributed by atoms with E-state index in [0.29, 0.717) is 11.8 Å². The summed E-state index contributed by atoms with van der Waals surface area (Å²) in [7, 11) is 2.16. The zero-order valence-electron chi connectivity index (χ0n) is 21.0. The van der Waals surface area contributed by atoms with Crippen molar-refractivity contribution >= 4 is 32.3 Å². The summed E-state index contributed by atoms with van der Waals surface area (Å²) in [6, 6.07) is 20.3. The zero-order valence-corrected chi connectivity index (χ0v) is 21.0. The van der Waals surface area contributed by atoms with Crippen molar-refractivity contribution in [1.29, 1.82) is 0 Å². The molecule has 0 amide bonds. The van der Waals surface area contributed by atoms with Crippen molar-refractivity contribution in [2.75, 3.05) is 0 Å². The third-order valence-corrected chi connectivity index (χ3v) is 7.38. The van der Waals surface area contributed by atoms with Gasteiger partial charge in [0.1, 0.15) is 18.5 Å². The van der Waals surface area contributed by atoms with Crippen LogP contribution in [0.3, 0.4) is 0 Å². The molecule has 0 N–H and O–H groups in total. The van der Waals surface area contributed by atoms with Crippen LogP contribution in [-0.4, -0.2) is 0 Å². The Bertz CT molecular complexity index is 1620. The molecule has 34 heavy (non-hydrogen) atoms. The van der Waals surface area contributed by atoms with E-state index in [-0.39, 0.29) is 0 Å². The van der Waals surface area contributed by atoms with Crippen LogP contribution in [0.15, 0.2) is 60.8 Å². The van der Waals surface area contributed by atoms with Crippen LogP contribution < -0.4 is 9.30 Å². The topological polar surface area (TPSA) is 13.1 Å². The second-order valence-corrected chi connectivity index (χ2v) is 10.6. The lowest BCUT2D eigenvalue weighted by molar-refractivity contribution is -0.659. The molecule has 2 heteroatoms. The minimum Gasteiger partial charge on any atom is -0.455 e. The number of fused-ring (bicyclic) bond motifs is 5.